The van der Waals surface area contributed by atoms with Crippen molar-refractivity contribution in [3.8, 4) is 11.4 Å². The first-order valence-corrected chi connectivity index (χ1v) is 7.50. The van der Waals surface area contributed by atoms with Gasteiger partial charge >= 0.3 is 0 Å². The maximum absolute atomic E-state index is 4.63. The van der Waals surface area contributed by atoms with Gasteiger partial charge in [0.2, 0.25) is 0 Å². The second-order valence-electron chi connectivity index (χ2n) is 5.76. The van der Waals surface area contributed by atoms with Crippen LogP contribution in [0.2, 0.25) is 0 Å². The fraction of sp³-hybridized carbons (Fsp3) is 0.500. The van der Waals surface area contributed by atoms with Gasteiger partial charge in [-0.25, -0.2) is 4.98 Å². The SMILES string of the molecule is CC(Cc1nc(-c2ccccc2)n[nH]1)C1CCCNC1. The third kappa shape index (κ3) is 3.07. The summed E-state index contributed by atoms with van der Waals surface area (Å²) in [6.07, 6.45) is 3.60. The van der Waals surface area contributed by atoms with Crippen LogP contribution < -0.4 is 5.32 Å². The summed E-state index contributed by atoms with van der Waals surface area (Å²) in [5.41, 5.74) is 1.07. The standard InChI is InChI=1S/C16H22N4/c1-12(14-8-5-9-17-11-14)10-15-18-16(20-19-15)13-6-3-2-4-7-13/h2-4,6-7,12,14,17H,5,8-11H2,1H3,(H,18,19,20). The molecular formula is C16H22N4. The zero-order chi connectivity index (χ0) is 13.8. The van der Waals surface area contributed by atoms with E-state index in [-0.39, 0.29) is 0 Å². The maximum atomic E-state index is 4.63. The van der Waals surface area contributed by atoms with Crippen LogP contribution in [0.15, 0.2) is 30.3 Å². The molecule has 0 saturated carbocycles. The highest BCUT2D eigenvalue weighted by Crippen LogP contribution is 2.23. The summed E-state index contributed by atoms with van der Waals surface area (Å²) in [4.78, 5) is 4.63. The zero-order valence-corrected chi connectivity index (χ0v) is 12.0. The van der Waals surface area contributed by atoms with E-state index in [0.717, 1.165) is 36.1 Å². The van der Waals surface area contributed by atoms with Gasteiger partial charge in [-0.3, -0.25) is 5.10 Å². The molecule has 0 aliphatic carbocycles. The number of rotatable bonds is 4. The molecule has 0 spiro atoms. The number of piperidine rings is 1. The third-order valence-electron chi connectivity index (χ3n) is 4.22. The zero-order valence-electron chi connectivity index (χ0n) is 12.0. The molecule has 2 unspecified atom stereocenters. The molecular weight excluding hydrogens is 248 g/mol. The van der Waals surface area contributed by atoms with Crippen LogP contribution in [0.1, 0.15) is 25.6 Å². The number of benzene rings is 1. The molecule has 2 heterocycles. The first-order chi connectivity index (χ1) is 9.83. The quantitative estimate of drug-likeness (QED) is 0.898. The molecule has 3 rings (SSSR count). The minimum absolute atomic E-state index is 0.638. The number of aromatic amines is 1. The van der Waals surface area contributed by atoms with Crippen LogP contribution in [0.4, 0.5) is 0 Å². The van der Waals surface area contributed by atoms with Gasteiger partial charge in [-0.1, -0.05) is 37.3 Å². The first kappa shape index (κ1) is 13.3. The number of H-pyrrole nitrogens is 1. The summed E-state index contributed by atoms with van der Waals surface area (Å²) in [6.45, 7) is 4.63. The monoisotopic (exact) mass is 270 g/mol. The minimum Gasteiger partial charge on any atom is -0.316 e. The van der Waals surface area contributed by atoms with Crippen LogP contribution in [0.3, 0.4) is 0 Å². The Kier molecular flexibility index (Phi) is 4.11. The van der Waals surface area contributed by atoms with Gasteiger partial charge < -0.3 is 5.32 Å². The molecule has 1 aliphatic heterocycles. The Labute approximate surface area is 120 Å². The average molecular weight is 270 g/mol. The normalized spacial score (nSPS) is 20.8. The van der Waals surface area contributed by atoms with Crippen molar-refractivity contribution in [2.75, 3.05) is 13.1 Å². The number of nitrogens with one attached hydrogen (secondary N) is 2. The summed E-state index contributed by atoms with van der Waals surface area (Å²) in [6, 6.07) is 10.1. The van der Waals surface area contributed by atoms with Crippen molar-refractivity contribution in [3.63, 3.8) is 0 Å². The Morgan fingerprint density at radius 2 is 2.15 bits per heavy atom. The van der Waals surface area contributed by atoms with Gasteiger partial charge in [0, 0.05) is 12.0 Å². The highest BCUT2D eigenvalue weighted by atomic mass is 15.2. The van der Waals surface area contributed by atoms with E-state index in [2.05, 4.69) is 27.4 Å². The molecule has 20 heavy (non-hydrogen) atoms. The molecule has 1 aliphatic rings. The van der Waals surface area contributed by atoms with E-state index in [1.165, 1.54) is 19.4 Å². The van der Waals surface area contributed by atoms with Gasteiger partial charge in [-0.05, 0) is 37.8 Å². The fourth-order valence-corrected chi connectivity index (χ4v) is 2.94. The molecule has 0 radical (unpaired) electrons. The van der Waals surface area contributed by atoms with E-state index in [4.69, 9.17) is 0 Å². The molecule has 4 nitrogen and oxygen atoms in total. The fourth-order valence-electron chi connectivity index (χ4n) is 2.94. The molecule has 1 fully saturated rings. The molecule has 4 heteroatoms. The van der Waals surface area contributed by atoms with Gasteiger partial charge in [0.25, 0.3) is 0 Å². The number of nitrogens with zero attached hydrogens (tertiary/aromatic N) is 2. The van der Waals surface area contributed by atoms with Gasteiger partial charge in [0.15, 0.2) is 5.82 Å². The largest absolute Gasteiger partial charge is 0.316 e. The topological polar surface area (TPSA) is 53.6 Å². The highest BCUT2D eigenvalue weighted by Gasteiger charge is 2.21. The van der Waals surface area contributed by atoms with Crippen LogP contribution in [0.25, 0.3) is 11.4 Å². The molecule has 0 bridgehead atoms. The molecule has 106 valence electrons. The predicted octanol–water partition coefficient (Wildman–Crippen LogP) is 2.65. The van der Waals surface area contributed by atoms with Gasteiger partial charge in [0.1, 0.15) is 5.82 Å². The predicted molar refractivity (Wildman–Crippen MR) is 80.3 cm³/mol. The van der Waals surface area contributed by atoms with Crippen molar-refractivity contribution in [2.45, 2.75) is 26.2 Å². The summed E-state index contributed by atoms with van der Waals surface area (Å²) < 4.78 is 0. The highest BCUT2D eigenvalue weighted by molar-refractivity contribution is 5.53. The number of hydrogen-bond donors (Lipinski definition) is 2. The van der Waals surface area contributed by atoms with Crippen molar-refractivity contribution >= 4 is 0 Å². The number of hydrogen-bond acceptors (Lipinski definition) is 3. The molecule has 1 aromatic heterocycles. The minimum atomic E-state index is 0.638. The Balaban J connectivity index is 1.65. The molecule has 2 aromatic rings. The Morgan fingerprint density at radius 1 is 1.30 bits per heavy atom. The smallest absolute Gasteiger partial charge is 0.181 e. The second-order valence-corrected chi connectivity index (χ2v) is 5.76. The van der Waals surface area contributed by atoms with Crippen LogP contribution in [-0.4, -0.2) is 28.3 Å². The third-order valence-corrected chi connectivity index (χ3v) is 4.22. The van der Waals surface area contributed by atoms with Crippen LogP contribution >= 0.6 is 0 Å². The van der Waals surface area contributed by atoms with E-state index < -0.39 is 0 Å². The maximum Gasteiger partial charge on any atom is 0.181 e. The summed E-state index contributed by atoms with van der Waals surface area (Å²) in [5, 5.41) is 10.9. The van der Waals surface area contributed by atoms with Crippen molar-refractivity contribution in [1.29, 1.82) is 0 Å². The molecule has 0 amide bonds. The van der Waals surface area contributed by atoms with E-state index in [1.807, 2.05) is 30.3 Å². The molecule has 1 saturated heterocycles. The van der Waals surface area contributed by atoms with Gasteiger partial charge in [0.05, 0.1) is 0 Å². The van der Waals surface area contributed by atoms with Crippen molar-refractivity contribution < 1.29 is 0 Å². The lowest BCUT2D eigenvalue weighted by Gasteiger charge is -2.27. The average Bonchev–Trinajstić information content (AvgIpc) is 2.97. The van der Waals surface area contributed by atoms with Crippen LogP contribution in [0, 0.1) is 11.8 Å². The first-order valence-electron chi connectivity index (χ1n) is 7.50. The van der Waals surface area contributed by atoms with Crippen molar-refractivity contribution in [2.24, 2.45) is 11.8 Å². The lowest BCUT2D eigenvalue weighted by molar-refractivity contribution is 0.276. The molecule has 2 atom stereocenters. The van der Waals surface area contributed by atoms with E-state index >= 15 is 0 Å². The molecule has 1 aromatic carbocycles. The van der Waals surface area contributed by atoms with E-state index in [0.29, 0.717) is 5.92 Å². The second kappa shape index (κ2) is 6.18. The Morgan fingerprint density at radius 3 is 2.90 bits per heavy atom. The molecule has 2 N–H and O–H groups in total. The van der Waals surface area contributed by atoms with Crippen LogP contribution in [-0.2, 0) is 6.42 Å². The van der Waals surface area contributed by atoms with Crippen molar-refractivity contribution in [1.82, 2.24) is 20.5 Å². The van der Waals surface area contributed by atoms with Crippen LogP contribution in [0.5, 0.6) is 0 Å². The van der Waals surface area contributed by atoms with Gasteiger partial charge in [-0.15, -0.1) is 0 Å². The summed E-state index contributed by atoms with van der Waals surface area (Å²) in [5.74, 6) is 3.20. The lowest BCUT2D eigenvalue weighted by atomic mass is 9.85. The van der Waals surface area contributed by atoms with Crippen molar-refractivity contribution in [3.05, 3.63) is 36.2 Å². The summed E-state index contributed by atoms with van der Waals surface area (Å²) >= 11 is 0. The number of aromatic nitrogens is 3. The summed E-state index contributed by atoms with van der Waals surface area (Å²) in [7, 11) is 0. The van der Waals surface area contributed by atoms with E-state index in [9.17, 15) is 0 Å². The Bertz CT molecular complexity index is 528. The lowest BCUT2D eigenvalue weighted by Crippen LogP contribution is -2.34. The van der Waals surface area contributed by atoms with E-state index in [1.54, 1.807) is 0 Å². The Hall–Kier alpha value is -1.68. The van der Waals surface area contributed by atoms with Gasteiger partial charge in [-0.2, -0.15) is 5.10 Å².